The summed E-state index contributed by atoms with van der Waals surface area (Å²) >= 11 is 0. The third-order valence-electron chi connectivity index (χ3n) is 3.36. The molecule has 0 aliphatic heterocycles. The number of halogens is 1. The van der Waals surface area contributed by atoms with Gasteiger partial charge in [0.05, 0.1) is 19.4 Å². The topological polar surface area (TPSA) is 62.6 Å². The molecule has 0 unspecified atom stereocenters. The average molecular weight is 318 g/mol. The fraction of sp³-hybridized carbons (Fsp3) is 0.294. The number of benzene rings is 1. The molecule has 2 rings (SSSR count). The van der Waals surface area contributed by atoms with Gasteiger partial charge in [-0.25, -0.2) is 4.39 Å². The Morgan fingerprint density at radius 1 is 1.22 bits per heavy atom. The van der Waals surface area contributed by atoms with E-state index in [9.17, 15) is 14.0 Å². The molecule has 0 radical (unpaired) electrons. The third kappa shape index (κ3) is 5.58. The number of carbonyl (C=O) groups is 2. The van der Waals surface area contributed by atoms with Gasteiger partial charge in [-0.1, -0.05) is 12.1 Å². The molecule has 0 atom stereocenters. The van der Waals surface area contributed by atoms with E-state index in [4.69, 9.17) is 4.42 Å². The zero-order chi connectivity index (χ0) is 16.7. The fourth-order valence-corrected chi connectivity index (χ4v) is 2.10. The van der Waals surface area contributed by atoms with Crippen molar-refractivity contribution in [2.24, 2.45) is 0 Å². The highest BCUT2D eigenvalue weighted by Crippen LogP contribution is 2.06. The molecule has 122 valence electrons. The highest BCUT2D eigenvalue weighted by Gasteiger charge is 2.15. The summed E-state index contributed by atoms with van der Waals surface area (Å²) in [5, 5.41) is 2.75. The Hall–Kier alpha value is -2.63. The maximum atomic E-state index is 12.8. The second-order valence-electron chi connectivity index (χ2n) is 5.18. The van der Waals surface area contributed by atoms with E-state index in [-0.39, 0.29) is 30.7 Å². The van der Waals surface area contributed by atoms with Crippen LogP contribution >= 0.6 is 0 Å². The number of furan rings is 1. The van der Waals surface area contributed by atoms with E-state index in [1.807, 2.05) is 0 Å². The molecule has 0 spiro atoms. The van der Waals surface area contributed by atoms with Crippen LogP contribution in [0.3, 0.4) is 0 Å². The monoisotopic (exact) mass is 318 g/mol. The number of hydrogen-bond donors (Lipinski definition) is 1. The summed E-state index contributed by atoms with van der Waals surface area (Å²) in [5.41, 5.74) is 0.936. The standard InChI is InChI=1S/C17H19FN2O3/c1-13(21)20(11-16-3-2-10-23-16)12-17(22)19-9-8-14-4-6-15(18)7-5-14/h2-7,10H,8-9,11-12H2,1H3,(H,19,22). The van der Waals surface area contributed by atoms with E-state index >= 15 is 0 Å². The number of hydrogen-bond acceptors (Lipinski definition) is 3. The number of nitrogens with one attached hydrogen (secondary N) is 1. The molecule has 0 bridgehead atoms. The molecule has 5 nitrogen and oxygen atoms in total. The van der Waals surface area contributed by atoms with E-state index in [0.29, 0.717) is 18.7 Å². The Morgan fingerprint density at radius 3 is 2.57 bits per heavy atom. The first-order valence-corrected chi connectivity index (χ1v) is 7.33. The van der Waals surface area contributed by atoms with Crippen molar-refractivity contribution < 1.29 is 18.4 Å². The first kappa shape index (κ1) is 16.7. The molecule has 0 aliphatic rings. The van der Waals surface area contributed by atoms with Gasteiger partial charge in [-0.3, -0.25) is 9.59 Å². The van der Waals surface area contributed by atoms with E-state index in [2.05, 4.69) is 5.32 Å². The van der Waals surface area contributed by atoms with E-state index in [0.717, 1.165) is 5.56 Å². The van der Waals surface area contributed by atoms with Crippen LogP contribution in [-0.2, 0) is 22.6 Å². The van der Waals surface area contributed by atoms with Crippen LogP contribution in [0.4, 0.5) is 4.39 Å². The summed E-state index contributed by atoms with van der Waals surface area (Å²) in [5.74, 6) is -0.101. The van der Waals surface area contributed by atoms with Crippen LogP contribution in [0, 0.1) is 5.82 Å². The molecule has 1 heterocycles. The van der Waals surface area contributed by atoms with Gasteiger partial charge in [-0.15, -0.1) is 0 Å². The predicted molar refractivity (Wildman–Crippen MR) is 82.9 cm³/mol. The Morgan fingerprint density at radius 2 is 1.96 bits per heavy atom. The highest BCUT2D eigenvalue weighted by atomic mass is 19.1. The van der Waals surface area contributed by atoms with Crippen molar-refractivity contribution in [2.45, 2.75) is 19.9 Å². The van der Waals surface area contributed by atoms with Gasteiger partial charge in [-0.2, -0.15) is 0 Å². The summed E-state index contributed by atoms with van der Waals surface area (Å²) in [7, 11) is 0. The first-order valence-electron chi connectivity index (χ1n) is 7.33. The molecule has 1 aromatic carbocycles. The SMILES string of the molecule is CC(=O)N(CC(=O)NCCc1ccc(F)cc1)Cc1ccco1. The number of rotatable bonds is 7. The number of carbonyl (C=O) groups excluding carboxylic acids is 2. The highest BCUT2D eigenvalue weighted by molar-refractivity contribution is 5.83. The fourth-order valence-electron chi connectivity index (χ4n) is 2.10. The van der Waals surface area contributed by atoms with Gasteiger partial charge in [0.25, 0.3) is 0 Å². The van der Waals surface area contributed by atoms with Crippen LogP contribution in [0.1, 0.15) is 18.2 Å². The van der Waals surface area contributed by atoms with Crippen molar-refractivity contribution in [3.8, 4) is 0 Å². The van der Waals surface area contributed by atoms with E-state index < -0.39 is 0 Å². The van der Waals surface area contributed by atoms with Crippen LogP contribution in [0.15, 0.2) is 47.1 Å². The molecule has 23 heavy (non-hydrogen) atoms. The number of amides is 2. The lowest BCUT2D eigenvalue weighted by Crippen LogP contribution is -2.39. The lowest BCUT2D eigenvalue weighted by atomic mass is 10.1. The van der Waals surface area contributed by atoms with Gasteiger partial charge in [0, 0.05) is 13.5 Å². The van der Waals surface area contributed by atoms with Gasteiger partial charge in [0.15, 0.2) is 0 Å². The summed E-state index contributed by atoms with van der Waals surface area (Å²) in [4.78, 5) is 24.9. The van der Waals surface area contributed by atoms with Crippen molar-refractivity contribution in [3.63, 3.8) is 0 Å². The minimum atomic E-state index is -0.284. The second kappa shape index (κ2) is 8.12. The molecule has 1 N–H and O–H groups in total. The maximum Gasteiger partial charge on any atom is 0.239 e. The maximum absolute atomic E-state index is 12.8. The lowest BCUT2D eigenvalue weighted by molar-refractivity contribution is -0.135. The van der Waals surface area contributed by atoms with Crippen LogP contribution in [-0.4, -0.2) is 29.8 Å². The smallest absolute Gasteiger partial charge is 0.239 e. The molecule has 0 fully saturated rings. The lowest BCUT2D eigenvalue weighted by Gasteiger charge is -2.19. The summed E-state index contributed by atoms with van der Waals surface area (Å²) in [6, 6.07) is 9.62. The summed E-state index contributed by atoms with van der Waals surface area (Å²) in [6.45, 7) is 2.07. The van der Waals surface area contributed by atoms with E-state index in [1.165, 1.54) is 30.2 Å². The van der Waals surface area contributed by atoms with Crippen molar-refractivity contribution in [1.29, 1.82) is 0 Å². The van der Waals surface area contributed by atoms with E-state index in [1.54, 1.807) is 24.3 Å². The van der Waals surface area contributed by atoms with Crippen LogP contribution in [0.25, 0.3) is 0 Å². The van der Waals surface area contributed by atoms with Gasteiger partial charge in [0.1, 0.15) is 11.6 Å². The third-order valence-corrected chi connectivity index (χ3v) is 3.36. The minimum absolute atomic E-state index is 0.0283. The predicted octanol–water partition coefficient (Wildman–Crippen LogP) is 2.13. The van der Waals surface area contributed by atoms with Crippen LogP contribution in [0.2, 0.25) is 0 Å². The molecule has 6 heteroatoms. The van der Waals surface area contributed by atoms with Gasteiger partial charge in [0.2, 0.25) is 11.8 Å². The number of nitrogens with zero attached hydrogens (tertiary/aromatic N) is 1. The second-order valence-corrected chi connectivity index (χ2v) is 5.18. The quantitative estimate of drug-likeness (QED) is 0.850. The van der Waals surface area contributed by atoms with Gasteiger partial charge in [-0.05, 0) is 36.2 Å². The molecule has 2 aromatic rings. The van der Waals surface area contributed by atoms with Crippen LogP contribution < -0.4 is 5.32 Å². The molecule has 0 saturated heterocycles. The average Bonchev–Trinajstić information content (AvgIpc) is 3.01. The van der Waals surface area contributed by atoms with Crippen molar-refractivity contribution in [2.75, 3.05) is 13.1 Å². The molecule has 1 aromatic heterocycles. The zero-order valence-electron chi connectivity index (χ0n) is 12.9. The molecule has 0 aliphatic carbocycles. The minimum Gasteiger partial charge on any atom is -0.467 e. The van der Waals surface area contributed by atoms with Crippen LogP contribution in [0.5, 0.6) is 0 Å². The largest absolute Gasteiger partial charge is 0.467 e. The summed E-state index contributed by atoms with van der Waals surface area (Å²) < 4.78 is 18.0. The zero-order valence-corrected chi connectivity index (χ0v) is 12.9. The molecular formula is C17H19FN2O3. The molecule has 2 amide bonds. The van der Waals surface area contributed by atoms with Crippen molar-refractivity contribution >= 4 is 11.8 Å². The molecule has 0 saturated carbocycles. The Kier molecular flexibility index (Phi) is 5.91. The Balaban J connectivity index is 1.77. The van der Waals surface area contributed by atoms with Crippen molar-refractivity contribution in [1.82, 2.24) is 10.2 Å². The van der Waals surface area contributed by atoms with Crippen molar-refractivity contribution in [3.05, 3.63) is 59.8 Å². The normalized spacial score (nSPS) is 10.3. The van der Waals surface area contributed by atoms with Gasteiger partial charge >= 0.3 is 0 Å². The Labute approximate surface area is 134 Å². The first-order chi connectivity index (χ1) is 11.0. The van der Waals surface area contributed by atoms with Gasteiger partial charge < -0.3 is 14.6 Å². The Bertz CT molecular complexity index is 638. The molecular weight excluding hydrogens is 299 g/mol. The summed E-state index contributed by atoms with van der Waals surface area (Å²) in [6.07, 6.45) is 2.13.